The van der Waals surface area contributed by atoms with Crippen LogP contribution >= 0.6 is 0 Å². The summed E-state index contributed by atoms with van der Waals surface area (Å²) in [4.78, 5) is 23.2. The molecule has 1 amide bonds. The van der Waals surface area contributed by atoms with Crippen molar-refractivity contribution in [3.8, 4) is 0 Å². The maximum atomic E-state index is 11.7. The van der Waals surface area contributed by atoms with E-state index in [9.17, 15) is 9.59 Å². The molecule has 1 aromatic rings. The summed E-state index contributed by atoms with van der Waals surface area (Å²) in [6, 6.07) is 5.06. The highest BCUT2D eigenvalue weighted by molar-refractivity contribution is 5.76. The van der Waals surface area contributed by atoms with Crippen LogP contribution in [-0.4, -0.2) is 29.6 Å². The van der Waals surface area contributed by atoms with E-state index in [0.717, 1.165) is 25.9 Å². The number of nitrogens with one attached hydrogen (secondary N) is 2. The number of carbonyl (C=O) groups excluding carboxylic acids is 1. The van der Waals surface area contributed by atoms with E-state index in [-0.39, 0.29) is 24.1 Å². The Kier molecular flexibility index (Phi) is 3.93. The summed E-state index contributed by atoms with van der Waals surface area (Å²) in [5, 5.41) is 6.17. The van der Waals surface area contributed by atoms with Gasteiger partial charge in [0.25, 0.3) is 5.56 Å². The highest BCUT2D eigenvalue weighted by Crippen LogP contribution is 2.00. The smallest absolute Gasteiger partial charge is 0.250 e. The maximum absolute atomic E-state index is 11.7. The second kappa shape index (κ2) is 5.63. The number of carbonyl (C=O) groups is 1. The van der Waals surface area contributed by atoms with Crippen LogP contribution in [0.3, 0.4) is 0 Å². The Hall–Kier alpha value is -1.62. The number of aromatic nitrogens is 1. The molecule has 1 fully saturated rings. The van der Waals surface area contributed by atoms with Crippen LogP contribution in [-0.2, 0) is 11.3 Å². The summed E-state index contributed by atoms with van der Waals surface area (Å²) in [6.45, 7) is 1.93. The number of amides is 1. The van der Waals surface area contributed by atoms with Gasteiger partial charge in [-0.05, 0) is 25.5 Å². The van der Waals surface area contributed by atoms with Crippen LogP contribution in [0, 0.1) is 0 Å². The fraction of sp³-hybridized carbons (Fsp3) is 0.500. The summed E-state index contributed by atoms with van der Waals surface area (Å²) < 4.78 is 1.41. The molecule has 0 bridgehead atoms. The monoisotopic (exact) mass is 235 g/mol. The van der Waals surface area contributed by atoms with Crippen molar-refractivity contribution in [1.82, 2.24) is 15.2 Å². The van der Waals surface area contributed by atoms with Crippen LogP contribution in [0.1, 0.15) is 12.8 Å². The van der Waals surface area contributed by atoms with Crippen LogP contribution in [0.5, 0.6) is 0 Å². The van der Waals surface area contributed by atoms with E-state index >= 15 is 0 Å². The van der Waals surface area contributed by atoms with E-state index in [0.29, 0.717) is 0 Å². The SMILES string of the molecule is O=C(Cn1ccccc1=O)NC1CCCNC1. The number of hydrogen-bond acceptors (Lipinski definition) is 3. The minimum Gasteiger partial charge on any atom is -0.351 e. The molecule has 1 unspecified atom stereocenters. The summed E-state index contributed by atoms with van der Waals surface area (Å²) in [7, 11) is 0. The summed E-state index contributed by atoms with van der Waals surface area (Å²) in [5.41, 5.74) is -0.149. The highest BCUT2D eigenvalue weighted by Gasteiger charge is 2.15. The van der Waals surface area contributed by atoms with E-state index in [1.807, 2.05) is 0 Å². The van der Waals surface area contributed by atoms with Gasteiger partial charge in [-0.1, -0.05) is 6.07 Å². The first-order valence-electron chi connectivity index (χ1n) is 5.91. The van der Waals surface area contributed by atoms with Gasteiger partial charge in [0.15, 0.2) is 0 Å². The van der Waals surface area contributed by atoms with Crippen LogP contribution < -0.4 is 16.2 Å². The van der Waals surface area contributed by atoms with Gasteiger partial charge in [0, 0.05) is 24.8 Å². The lowest BCUT2D eigenvalue weighted by Crippen LogP contribution is -2.47. The molecule has 2 rings (SSSR count). The van der Waals surface area contributed by atoms with E-state index in [1.54, 1.807) is 18.3 Å². The van der Waals surface area contributed by atoms with Gasteiger partial charge < -0.3 is 15.2 Å². The van der Waals surface area contributed by atoms with Gasteiger partial charge in [-0.3, -0.25) is 9.59 Å². The van der Waals surface area contributed by atoms with E-state index in [1.165, 1.54) is 10.6 Å². The average molecular weight is 235 g/mol. The van der Waals surface area contributed by atoms with Crippen molar-refractivity contribution >= 4 is 5.91 Å². The van der Waals surface area contributed by atoms with Crippen molar-refractivity contribution in [1.29, 1.82) is 0 Å². The first-order chi connectivity index (χ1) is 8.25. The molecule has 1 saturated heterocycles. The van der Waals surface area contributed by atoms with Crippen molar-refractivity contribution in [2.75, 3.05) is 13.1 Å². The Morgan fingerprint density at radius 1 is 1.53 bits per heavy atom. The predicted molar refractivity (Wildman–Crippen MR) is 64.7 cm³/mol. The zero-order chi connectivity index (χ0) is 12.1. The molecule has 0 saturated carbocycles. The van der Waals surface area contributed by atoms with Gasteiger partial charge in [-0.2, -0.15) is 0 Å². The molecule has 1 aliphatic heterocycles. The second-order valence-corrected chi connectivity index (χ2v) is 4.28. The third kappa shape index (κ3) is 3.42. The number of hydrogen-bond donors (Lipinski definition) is 2. The van der Waals surface area contributed by atoms with Crippen molar-refractivity contribution in [3.05, 3.63) is 34.7 Å². The zero-order valence-corrected chi connectivity index (χ0v) is 9.69. The number of pyridine rings is 1. The van der Waals surface area contributed by atoms with Crippen molar-refractivity contribution < 1.29 is 4.79 Å². The molecule has 0 aliphatic carbocycles. The second-order valence-electron chi connectivity index (χ2n) is 4.28. The fourth-order valence-electron chi connectivity index (χ4n) is 1.99. The van der Waals surface area contributed by atoms with Crippen LogP contribution in [0.4, 0.5) is 0 Å². The van der Waals surface area contributed by atoms with E-state index < -0.39 is 0 Å². The fourth-order valence-corrected chi connectivity index (χ4v) is 1.99. The minimum absolute atomic E-state index is 0.0934. The molecule has 17 heavy (non-hydrogen) atoms. The molecular formula is C12H17N3O2. The third-order valence-corrected chi connectivity index (χ3v) is 2.87. The Morgan fingerprint density at radius 3 is 3.12 bits per heavy atom. The predicted octanol–water partition coefficient (Wildman–Crippen LogP) is -0.283. The molecule has 0 spiro atoms. The Morgan fingerprint density at radius 2 is 2.41 bits per heavy atom. The van der Waals surface area contributed by atoms with E-state index in [2.05, 4.69) is 10.6 Å². The summed E-state index contributed by atoms with van der Waals surface area (Å²) in [5.74, 6) is -0.105. The molecule has 1 aromatic heterocycles. The average Bonchev–Trinajstić information content (AvgIpc) is 2.33. The normalized spacial score (nSPS) is 19.9. The standard InChI is InChI=1S/C12H17N3O2/c16-11(14-10-4-3-6-13-8-10)9-15-7-2-1-5-12(15)17/h1-2,5,7,10,13H,3-4,6,8-9H2,(H,14,16). The number of nitrogens with zero attached hydrogens (tertiary/aromatic N) is 1. The summed E-state index contributed by atoms with van der Waals surface area (Å²) >= 11 is 0. The third-order valence-electron chi connectivity index (χ3n) is 2.87. The lowest BCUT2D eigenvalue weighted by Gasteiger charge is -2.23. The van der Waals surface area contributed by atoms with Crippen molar-refractivity contribution in [3.63, 3.8) is 0 Å². The molecule has 2 heterocycles. The Bertz CT molecular complexity index is 435. The van der Waals surface area contributed by atoms with Crippen LogP contribution in [0.25, 0.3) is 0 Å². The minimum atomic E-state index is -0.149. The van der Waals surface area contributed by atoms with Crippen molar-refractivity contribution in [2.45, 2.75) is 25.4 Å². The van der Waals surface area contributed by atoms with Gasteiger partial charge in [0.05, 0.1) is 0 Å². The highest BCUT2D eigenvalue weighted by atomic mass is 16.2. The first kappa shape index (κ1) is 11.9. The largest absolute Gasteiger partial charge is 0.351 e. The van der Waals surface area contributed by atoms with Crippen LogP contribution in [0.2, 0.25) is 0 Å². The molecule has 1 atom stereocenters. The maximum Gasteiger partial charge on any atom is 0.250 e. The molecule has 0 aromatic carbocycles. The lowest BCUT2D eigenvalue weighted by molar-refractivity contribution is -0.122. The molecule has 5 nitrogen and oxygen atoms in total. The summed E-state index contributed by atoms with van der Waals surface area (Å²) in [6.07, 6.45) is 3.71. The van der Waals surface area contributed by atoms with Gasteiger partial charge in [0.2, 0.25) is 5.91 Å². The lowest BCUT2D eigenvalue weighted by atomic mass is 10.1. The van der Waals surface area contributed by atoms with Crippen molar-refractivity contribution in [2.24, 2.45) is 0 Å². The van der Waals surface area contributed by atoms with Gasteiger partial charge >= 0.3 is 0 Å². The Labute approximate surface area is 99.8 Å². The molecular weight excluding hydrogens is 218 g/mol. The molecule has 0 radical (unpaired) electrons. The van der Waals surface area contributed by atoms with Gasteiger partial charge in [0.1, 0.15) is 6.54 Å². The number of rotatable bonds is 3. The molecule has 92 valence electrons. The van der Waals surface area contributed by atoms with Gasteiger partial charge in [-0.15, -0.1) is 0 Å². The number of piperidine rings is 1. The molecule has 2 N–H and O–H groups in total. The zero-order valence-electron chi connectivity index (χ0n) is 9.69. The quantitative estimate of drug-likeness (QED) is 0.757. The molecule has 5 heteroatoms. The topological polar surface area (TPSA) is 63.1 Å². The Balaban J connectivity index is 1.89. The van der Waals surface area contributed by atoms with E-state index in [4.69, 9.17) is 0 Å². The van der Waals surface area contributed by atoms with Gasteiger partial charge in [-0.25, -0.2) is 0 Å². The molecule has 1 aliphatic rings. The van der Waals surface area contributed by atoms with Crippen LogP contribution in [0.15, 0.2) is 29.2 Å². The first-order valence-corrected chi connectivity index (χ1v) is 5.91.